The fraction of sp³-hybridized carbons (Fsp3) is 0.133. The molecule has 0 saturated carbocycles. The van der Waals surface area contributed by atoms with E-state index in [1.54, 1.807) is 0 Å². The van der Waals surface area contributed by atoms with Crippen molar-refractivity contribution in [2.75, 3.05) is 0 Å². The van der Waals surface area contributed by atoms with E-state index in [2.05, 4.69) is 10.1 Å². The second-order valence-electron chi connectivity index (χ2n) is 4.80. The van der Waals surface area contributed by atoms with Gasteiger partial charge in [-0.3, -0.25) is 14.9 Å². The number of benzene rings is 2. The van der Waals surface area contributed by atoms with Gasteiger partial charge in [0.05, 0.1) is 4.92 Å². The molecule has 2 aromatic carbocycles. The van der Waals surface area contributed by atoms with Crippen molar-refractivity contribution in [3.05, 3.63) is 63.7 Å². The molecule has 2 rings (SSSR count). The number of carbonyl (C=O) groups is 1. The smallest absolute Gasteiger partial charge is 0.573 e. The van der Waals surface area contributed by atoms with Crippen molar-refractivity contribution >= 4 is 11.6 Å². The van der Waals surface area contributed by atoms with Crippen molar-refractivity contribution in [3.63, 3.8) is 0 Å². The van der Waals surface area contributed by atoms with E-state index in [0.717, 1.165) is 42.5 Å². The number of hydrogen-bond acceptors (Lipinski definition) is 5. The summed E-state index contributed by atoms with van der Waals surface area (Å²) in [5.41, 5.74) is -0.246. The van der Waals surface area contributed by atoms with Crippen molar-refractivity contribution in [2.24, 2.45) is 0 Å². The van der Waals surface area contributed by atoms with E-state index in [0.29, 0.717) is 0 Å². The first-order valence-electron chi connectivity index (χ1n) is 6.74. The summed E-state index contributed by atoms with van der Waals surface area (Å²) in [6.07, 6.45) is -4.84. The third-order valence-electron chi connectivity index (χ3n) is 3.04. The Bertz CT molecular complexity index is 791. The molecule has 0 saturated heterocycles. The lowest BCUT2D eigenvalue weighted by molar-refractivity contribution is -0.385. The van der Waals surface area contributed by atoms with E-state index >= 15 is 0 Å². The third kappa shape index (κ3) is 5.09. The zero-order chi connectivity index (χ0) is 18.6. The van der Waals surface area contributed by atoms with Crippen LogP contribution < -0.4 is 15.2 Å². The number of alkyl halides is 3. The van der Waals surface area contributed by atoms with Gasteiger partial charge in [0.2, 0.25) is 0 Å². The minimum absolute atomic E-state index is 0.0135. The molecule has 0 aliphatic carbocycles. The zero-order valence-corrected chi connectivity index (χ0v) is 12.4. The number of nitrogens with one attached hydrogen (secondary N) is 1. The zero-order valence-electron chi connectivity index (χ0n) is 12.4. The van der Waals surface area contributed by atoms with Gasteiger partial charge in [-0.25, -0.2) is 0 Å². The molecule has 0 heterocycles. The standard InChI is InChI=1S/C15H11F3N2O5/c16-15(17,18)25-12-4-1-9(2-5-12)14(22)19-8-10-7-11(20(23)24)3-6-13(10)21/h1-7,21H,8H2,(H,19,22)/p-1. The van der Waals surface area contributed by atoms with Crippen molar-refractivity contribution in [2.45, 2.75) is 12.9 Å². The minimum atomic E-state index is -4.84. The molecule has 25 heavy (non-hydrogen) atoms. The summed E-state index contributed by atoms with van der Waals surface area (Å²) in [7, 11) is 0. The maximum Gasteiger partial charge on any atom is 0.573 e. The minimum Gasteiger partial charge on any atom is -0.872 e. The Hall–Kier alpha value is -3.30. The average molecular weight is 355 g/mol. The maximum atomic E-state index is 12.1. The molecule has 132 valence electrons. The van der Waals surface area contributed by atoms with E-state index in [9.17, 15) is 33.2 Å². The van der Waals surface area contributed by atoms with Crippen LogP contribution in [0, 0.1) is 10.1 Å². The summed E-state index contributed by atoms with van der Waals surface area (Å²) >= 11 is 0. The van der Waals surface area contributed by atoms with Gasteiger partial charge in [-0.2, -0.15) is 0 Å². The van der Waals surface area contributed by atoms with E-state index < -0.39 is 28.7 Å². The van der Waals surface area contributed by atoms with Gasteiger partial charge in [-0.1, -0.05) is 6.07 Å². The molecular formula is C15H10F3N2O5-. The molecule has 0 fully saturated rings. The summed E-state index contributed by atoms with van der Waals surface area (Å²) in [6, 6.07) is 7.27. The highest BCUT2D eigenvalue weighted by atomic mass is 19.4. The van der Waals surface area contributed by atoms with Crippen molar-refractivity contribution in [1.29, 1.82) is 0 Å². The van der Waals surface area contributed by atoms with Crippen molar-refractivity contribution < 1.29 is 32.7 Å². The number of amides is 1. The van der Waals surface area contributed by atoms with E-state index in [-0.39, 0.29) is 23.4 Å². The predicted octanol–water partition coefficient (Wildman–Crippen LogP) is 2.50. The van der Waals surface area contributed by atoms with Gasteiger partial charge in [0, 0.05) is 24.2 Å². The predicted molar refractivity (Wildman–Crippen MR) is 76.8 cm³/mol. The van der Waals surface area contributed by atoms with Crippen LogP contribution in [0.1, 0.15) is 15.9 Å². The topological polar surface area (TPSA) is 105 Å². The van der Waals surface area contributed by atoms with Crippen LogP contribution in [0.15, 0.2) is 42.5 Å². The first kappa shape index (κ1) is 18.0. The van der Waals surface area contributed by atoms with Crippen LogP contribution in [0.4, 0.5) is 18.9 Å². The Kier molecular flexibility index (Phi) is 5.11. The fourth-order valence-electron chi connectivity index (χ4n) is 1.90. The van der Waals surface area contributed by atoms with Crippen LogP contribution >= 0.6 is 0 Å². The monoisotopic (exact) mass is 355 g/mol. The molecule has 7 nitrogen and oxygen atoms in total. The Morgan fingerprint density at radius 1 is 1.16 bits per heavy atom. The molecule has 0 radical (unpaired) electrons. The number of carbonyl (C=O) groups excluding carboxylic acids is 1. The number of nitro groups is 1. The quantitative estimate of drug-likeness (QED) is 0.655. The second kappa shape index (κ2) is 7.07. The number of hydrogen-bond donors (Lipinski definition) is 1. The highest BCUT2D eigenvalue weighted by Gasteiger charge is 2.31. The van der Waals surface area contributed by atoms with E-state index in [1.807, 2.05) is 0 Å². The normalized spacial score (nSPS) is 11.0. The Morgan fingerprint density at radius 2 is 1.80 bits per heavy atom. The number of nitrogens with zero attached hydrogens (tertiary/aromatic N) is 1. The van der Waals surface area contributed by atoms with Gasteiger partial charge in [-0.15, -0.1) is 18.9 Å². The van der Waals surface area contributed by atoms with Gasteiger partial charge < -0.3 is 15.2 Å². The number of non-ortho nitro benzene ring substituents is 1. The first-order chi connectivity index (χ1) is 11.7. The van der Waals surface area contributed by atoms with Gasteiger partial charge in [0.15, 0.2) is 0 Å². The van der Waals surface area contributed by atoms with Crippen LogP contribution in [0.25, 0.3) is 0 Å². The molecular weight excluding hydrogens is 345 g/mol. The van der Waals surface area contributed by atoms with E-state index in [1.165, 1.54) is 0 Å². The fourth-order valence-corrected chi connectivity index (χ4v) is 1.90. The lowest BCUT2D eigenvalue weighted by Gasteiger charge is -2.14. The second-order valence-corrected chi connectivity index (χ2v) is 4.80. The summed E-state index contributed by atoms with van der Waals surface area (Å²) in [5.74, 6) is -1.63. The molecule has 10 heteroatoms. The Labute approximate surface area is 138 Å². The SMILES string of the molecule is O=C(NCc1cc([N+](=O)[O-])ccc1[O-])c1ccc(OC(F)(F)F)cc1. The number of halogens is 3. The molecule has 2 aromatic rings. The largest absolute Gasteiger partial charge is 0.872 e. The number of ether oxygens (including phenoxy) is 1. The highest BCUT2D eigenvalue weighted by molar-refractivity contribution is 5.94. The molecule has 0 spiro atoms. The van der Waals surface area contributed by atoms with E-state index in [4.69, 9.17) is 0 Å². The summed E-state index contributed by atoms with van der Waals surface area (Å²) < 4.78 is 39.9. The molecule has 1 N–H and O–H groups in total. The van der Waals surface area contributed by atoms with Crippen LogP contribution in [-0.4, -0.2) is 17.2 Å². The van der Waals surface area contributed by atoms with Gasteiger partial charge in [0.1, 0.15) is 5.75 Å². The van der Waals surface area contributed by atoms with Crippen LogP contribution in [0.3, 0.4) is 0 Å². The molecule has 0 atom stereocenters. The lowest BCUT2D eigenvalue weighted by atomic mass is 10.1. The van der Waals surface area contributed by atoms with Gasteiger partial charge >= 0.3 is 6.36 Å². The van der Waals surface area contributed by atoms with Gasteiger partial charge in [0.25, 0.3) is 11.6 Å². The van der Waals surface area contributed by atoms with Crippen molar-refractivity contribution in [1.82, 2.24) is 5.32 Å². The van der Waals surface area contributed by atoms with Crippen molar-refractivity contribution in [3.8, 4) is 11.5 Å². The maximum absolute atomic E-state index is 12.1. The van der Waals surface area contributed by atoms with Gasteiger partial charge in [-0.05, 0) is 29.8 Å². The van der Waals surface area contributed by atoms with Crippen LogP contribution in [-0.2, 0) is 6.54 Å². The van der Waals surface area contributed by atoms with Crippen LogP contribution in [0.2, 0.25) is 0 Å². The Morgan fingerprint density at radius 3 is 2.36 bits per heavy atom. The highest BCUT2D eigenvalue weighted by Crippen LogP contribution is 2.23. The molecule has 1 amide bonds. The molecule has 0 aliphatic heterocycles. The summed E-state index contributed by atoms with van der Waals surface area (Å²) in [5, 5.41) is 24.7. The van der Waals surface area contributed by atoms with Crippen LogP contribution in [0.5, 0.6) is 11.5 Å². The molecule has 0 aromatic heterocycles. The third-order valence-corrected chi connectivity index (χ3v) is 3.04. The number of nitro benzene ring substituents is 1. The summed E-state index contributed by atoms with van der Waals surface area (Å²) in [6.45, 7) is -0.264. The lowest BCUT2D eigenvalue weighted by Crippen LogP contribution is -2.23. The first-order valence-corrected chi connectivity index (χ1v) is 6.74. The molecule has 0 bridgehead atoms. The Balaban J connectivity index is 2.03. The number of rotatable bonds is 5. The molecule has 0 unspecified atom stereocenters. The molecule has 0 aliphatic rings. The average Bonchev–Trinajstić information content (AvgIpc) is 2.52. The summed E-state index contributed by atoms with van der Waals surface area (Å²) in [4.78, 5) is 21.9.